The summed E-state index contributed by atoms with van der Waals surface area (Å²) in [5.41, 5.74) is 4.66. The van der Waals surface area contributed by atoms with Crippen molar-refractivity contribution >= 4 is 0 Å². The van der Waals surface area contributed by atoms with Gasteiger partial charge in [-0.25, -0.2) is 10.4 Å². The normalized spacial score (nSPS) is 12.1. The Hall–Kier alpha value is -1.02. The molecule has 0 fully saturated rings. The van der Waals surface area contributed by atoms with E-state index in [1.165, 1.54) is 0 Å². The van der Waals surface area contributed by atoms with Crippen molar-refractivity contribution in [2.24, 2.45) is 0 Å². The Morgan fingerprint density at radius 3 is 2.19 bits per heavy atom. The third-order valence-corrected chi connectivity index (χ3v) is 2.72. The zero-order chi connectivity index (χ0) is 15.7. The van der Waals surface area contributed by atoms with Crippen molar-refractivity contribution in [1.82, 2.24) is 10.4 Å². The van der Waals surface area contributed by atoms with Gasteiger partial charge in [0.05, 0.1) is 13.2 Å². The van der Waals surface area contributed by atoms with Gasteiger partial charge in [0.15, 0.2) is 0 Å². The number of hydrogen-bond acceptors (Lipinski definition) is 6. The fraction of sp³-hybridized carbons (Fsp3) is 0.600. The number of hydrogen-bond donors (Lipinski definition) is 2. The van der Waals surface area contributed by atoms with Gasteiger partial charge < -0.3 is 19.3 Å². The van der Waals surface area contributed by atoms with Crippen LogP contribution in [0, 0.1) is 0 Å². The molecule has 0 amide bonds. The van der Waals surface area contributed by atoms with Gasteiger partial charge in [0, 0.05) is 14.1 Å². The highest BCUT2D eigenvalue weighted by atomic mass is 16.7. The van der Waals surface area contributed by atoms with E-state index in [2.05, 4.69) is 5.43 Å². The van der Waals surface area contributed by atoms with Crippen LogP contribution < -0.4 is 5.43 Å². The molecule has 0 unspecified atom stereocenters. The van der Waals surface area contributed by atoms with E-state index in [4.69, 9.17) is 19.3 Å². The predicted molar refractivity (Wildman–Crippen MR) is 80.0 cm³/mol. The van der Waals surface area contributed by atoms with Gasteiger partial charge in [0.1, 0.15) is 19.3 Å². The van der Waals surface area contributed by atoms with Crippen molar-refractivity contribution in [3.05, 3.63) is 35.4 Å². The quantitative estimate of drug-likeness (QED) is 0.387. The second-order valence-electron chi connectivity index (χ2n) is 5.37. The number of hydrazine groups is 1. The molecule has 2 N–H and O–H groups in total. The fourth-order valence-electron chi connectivity index (χ4n) is 1.91. The SMILES string of the molecule is CN(C)NC(C)(C)OCOCc1ccccc1COCO. The molecule has 0 aliphatic heterocycles. The van der Waals surface area contributed by atoms with Crippen LogP contribution in [0.15, 0.2) is 24.3 Å². The summed E-state index contributed by atoms with van der Waals surface area (Å²) in [6.45, 7) is 4.55. The summed E-state index contributed by atoms with van der Waals surface area (Å²) < 4.78 is 16.2. The van der Waals surface area contributed by atoms with E-state index in [1.54, 1.807) is 0 Å². The summed E-state index contributed by atoms with van der Waals surface area (Å²) in [7, 11) is 3.81. The predicted octanol–water partition coefficient (Wildman–Crippen LogP) is 1.45. The minimum absolute atomic E-state index is 0.184. The summed E-state index contributed by atoms with van der Waals surface area (Å²) in [5.74, 6) is 0. The first kappa shape index (κ1) is 18.0. The maximum absolute atomic E-state index is 8.71. The van der Waals surface area contributed by atoms with Crippen molar-refractivity contribution in [1.29, 1.82) is 0 Å². The Morgan fingerprint density at radius 2 is 1.67 bits per heavy atom. The van der Waals surface area contributed by atoms with Gasteiger partial charge in [-0.2, -0.15) is 0 Å². The summed E-state index contributed by atoms with van der Waals surface area (Å²) in [6.07, 6.45) is 0. The lowest BCUT2D eigenvalue weighted by Gasteiger charge is -2.30. The largest absolute Gasteiger partial charge is 0.371 e. The number of ether oxygens (including phenoxy) is 3. The van der Waals surface area contributed by atoms with Crippen molar-refractivity contribution in [2.45, 2.75) is 32.8 Å². The molecule has 6 heteroatoms. The number of aliphatic hydroxyl groups excluding tert-OH is 1. The van der Waals surface area contributed by atoms with Gasteiger partial charge in [-0.15, -0.1) is 0 Å². The standard InChI is InChI=1S/C15H26N2O4/c1-15(2,16-17(3)4)21-12-20-10-14-8-6-5-7-13(14)9-19-11-18/h5-8,16,18H,9-12H2,1-4H3. The molecule has 0 spiro atoms. The molecule has 0 heterocycles. The monoisotopic (exact) mass is 298 g/mol. The highest BCUT2D eigenvalue weighted by Gasteiger charge is 2.18. The number of nitrogens with one attached hydrogen (secondary N) is 1. The van der Waals surface area contributed by atoms with Crippen LogP contribution in [0.2, 0.25) is 0 Å². The highest BCUT2D eigenvalue weighted by Crippen LogP contribution is 2.12. The second-order valence-corrected chi connectivity index (χ2v) is 5.37. The Morgan fingerprint density at radius 1 is 1.10 bits per heavy atom. The summed E-state index contributed by atoms with van der Waals surface area (Å²) in [4.78, 5) is 0. The average Bonchev–Trinajstić information content (AvgIpc) is 2.41. The van der Waals surface area contributed by atoms with Gasteiger partial charge in [0.2, 0.25) is 0 Å². The molecule has 21 heavy (non-hydrogen) atoms. The van der Waals surface area contributed by atoms with E-state index in [0.717, 1.165) is 11.1 Å². The minimum Gasteiger partial charge on any atom is -0.371 e. The zero-order valence-corrected chi connectivity index (χ0v) is 13.3. The van der Waals surface area contributed by atoms with Crippen molar-refractivity contribution < 1.29 is 19.3 Å². The van der Waals surface area contributed by atoms with Crippen LogP contribution in [0.3, 0.4) is 0 Å². The first-order valence-electron chi connectivity index (χ1n) is 6.87. The van der Waals surface area contributed by atoms with E-state index < -0.39 is 5.72 Å². The molecule has 0 bridgehead atoms. The molecule has 0 aromatic heterocycles. The lowest BCUT2D eigenvalue weighted by Crippen LogP contribution is -2.49. The molecular formula is C15H26N2O4. The van der Waals surface area contributed by atoms with E-state index in [9.17, 15) is 0 Å². The van der Waals surface area contributed by atoms with Crippen LogP contribution in [0.4, 0.5) is 0 Å². The van der Waals surface area contributed by atoms with Crippen LogP contribution in [-0.4, -0.2) is 43.5 Å². The van der Waals surface area contributed by atoms with Gasteiger partial charge in [0.25, 0.3) is 0 Å². The molecule has 0 aliphatic carbocycles. The summed E-state index contributed by atoms with van der Waals surface area (Å²) in [6, 6.07) is 7.80. The molecule has 120 valence electrons. The Labute approximate surface area is 126 Å². The third-order valence-electron chi connectivity index (χ3n) is 2.72. The Balaban J connectivity index is 2.39. The fourth-order valence-corrected chi connectivity index (χ4v) is 1.91. The van der Waals surface area contributed by atoms with Gasteiger partial charge >= 0.3 is 0 Å². The maximum Gasteiger partial charge on any atom is 0.149 e. The molecule has 0 aliphatic rings. The molecular weight excluding hydrogens is 272 g/mol. The van der Waals surface area contributed by atoms with E-state index >= 15 is 0 Å². The lowest BCUT2D eigenvalue weighted by atomic mass is 10.1. The number of aliphatic hydroxyl groups is 1. The smallest absolute Gasteiger partial charge is 0.149 e. The van der Waals surface area contributed by atoms with Crippen LogP contribution in [0.25, 0.3) is 0 Å². The van der Waals surface area contributed by atoms with Crippen LogP contribution >= 0.6 is 0 Å². The van der Waals surface area contributed by atoms with Crippen molar-refractivity contribution in [3.8, 4) is 0 Å². The van der Waals surface area contributed by atoms with E-state index in [1.807, 2.05) is 57.2 Å². The van der Waals surface area contributed by atoms with Crippen LogP contribution in [0.1, 0.15) is 25.0 Å². The summed E-state index contributed by atoms with van der Waals surface area (Å²) in [5, 5.41) is 10.5. The Kier molecular flexibility index (Phi) is 7.81. The number of rotatable bonds is 10. The Bertz CT molecular complexity index is 410. The van der Waals surface area contributed by atoms with Crippen molar-refractivity contribution in [2.75, 3.05) is 27.7 Å². The molecule has 6 nitrogen and oxygen atoms in total. The zero-order valence-electron chi connectivity index (χ0n) is 13.3. The van der Waals surface area contributed by atoms with Crippen molar-refractivity contribution in [3.63, 3.8) is 0 Å². The molecule has 0 atom stereocenters. The highest BCUT2D eigenvalue weighted by molar-refractivity contribution is 5.25. The van der Waals surface area contributed by atoms with Gasteiger partial charge in [-0.1, -0.05) is 24.3 Å². The first-order chi connectivity index (χ1) is 9.94. The lowest BCUT2D eigenvalue weighted by molar-refractivity contribution is -0.163. The van der Waals surface area contributed by atoms with Gasteiger partial charge in [-0.05, 0) is 25.0 Å². The molecule has 1 rings (SSSR count). The molecule has 0 radical (unpaired) electrons. The first-order valence-corrected chi connectivity index (χ1v) is 6.87. The molecule has 1 aromatic carbocycles. The van der Waals surface area contributed by atoms with Gasteiger partial charge in [-0.3, -0.25) is 0 Å². The topological polar surface area (TPSA) is 63.2 Å². The van der Waals surface area contributed by atoms with Crippen LogP contribution in [0.5, 0.6) is 0 Å². The molecule has 0 saturated carbocycles. The van der Waals surface area contributed by atoms with Crippen LogP contribution in [-0.2, 0) is 27.4 Å². The number of benzene rings is 1. The molecule has 1 aromatic rings. The summed E-state index contributed by atoms with van der Waals surface area (Å²) >= 11 is 0. The average molecular weight is 298 g/mol. The number of nitrogens with zero attached hydrogens (tertiary/aromatic N) is 1. The van der Waals surface area contributed by atoms with E-state index in [-0.39, 0.29) is 13.6 Å². The second kappa shape index (κ2) is 9.09. The third kappa shape index (κ3) is 7.52. The maximum atomic E-state index is 8.71. The minimum atomic E-state index is -0.497. The molecule has 0 saturated heterocycles. The van der Waals surface area contributed by atoms with E-state index in [0.29, 0.717) is 13.2 Å².